The second-order valence-corrected chi connectivity index (χ2v) is 6.89. The topological polar surface area (TPSA) is 49.3 Å². The van der Waals surface area contributed by atoms with Gasteiger partial charge in [-0.3, -0.25) is 4.79 Å². The van der Waals surface area contributed by atoms with Gasteiger partial charge in [0, 0.05) is 6.04 Å². The van der Waals surface area contributed by atoms with Crippen molar-refractivity contribution in [2.45, 2.75) is 38.6 Å². The van der Waals surface area contributed by atoms with E-state index in [-0.39, 0.29) is 12.5 Å². The van der Waals surface area contributed by atoms with Gasteiger partial charge >= 0.3 is 0 Å². The van der Waals surface area contributed by atoms with E-state index < -0.39 is 0 Å². The van der Waals surface area contributed by atoms with Crippen molar-refractivity contribution < 1.29 is 9.90 Å². The van der Waals surface area contributed by atoms with E-state index in [1.807, 2.05) is 13.0 Å². The van der Waals surface area contributed by atoms with Crippen LogP contribution in [0.25, 0.3) is 0 Å². The van der Waals surface area contributed by atoms with Crippen LogP contribution in [-0.2, 0) is 0 Å². The molecular formula is C16H19NO2S. The minimum Gasteiger partial charge on any atom is -0.384 e. The Morgan fingerprint density at radius 2 is 2.35 bits per heavy atom. The van der Waals surface area contributed by atoms with Gasteiger partial charge in [-0.15, -0.1) is 11.3 Å². The van der Waals surface area contributed by atoms with Crippen molar-refractivity contribution in [2.75, 3.05) is 6.61 Å². The number of hydrogen-bond acceptors (Lipinski definition) is 3. The number of rotatable bonds is 2. The molecule has 0 aromatic carbocycles. The van der Waals surface area contributed by atoms with Gasteiger partial charge in [0.1, 0.15) is 6.61 Å². The molecule has 3 nitrogen and oxygen atoms in total. The van der Waals surface area contributed by atoms with E-state index in [9.17, 15) is 4.79 Å². The van der Waals surface area contributed by atoms with Crippen molar-refractivity contribution in [3.05, 3.63) is 21.4 Å². The Morgan fingerprint density at radius 1 is 1.50 bits per heavy atom. The number of aliphatic hydroxyl groups excluding tert-OH is 1. The summed E-state index contributed by atoms with van der Waals surface area (Å²) in [4.78, 5) is 13.9. The second kappa shape index (κ2) is 5.59. The van der Waals surface area contributed by atoms with Gasteiger partial charge in [0.2, 0.25) is 0 Å². The van der Waals surface area contributed by atoms with E-state index >= 15 is 0 Å². The molecule has 2 aliphatic carbocycles. The minimum atomic E-state index is -0.149. The average molecular weight is 289 g/mol. The Labute approximate surface area is 123 Å². The molecule has 3 rings (SSSR count). The van der Waals surface area contributed by atoms with Crippen LogP contribution in [0.1, 0.15) is 45.8 Å². The van der Waals surface area contributed by atoms with E-state index in [0.717, 1.165) is 27.7 Å². The molecule has 3 unspecified atom stereocenters. The molecule has 1 amide bonds. The summed E-state index contributed by atoms with van der Waals surface area (Å²) in [5.41, 5.74) is 1.01. The number of nitrogens with one attached hydrogen (secondary N) is 1. The third-order valence-electron chi connectivity index (χ3n) is 4.48. The fourth-order valence-electron chi connectivity index (χ4n) is 3.50. The molecule has 2 N–H and O–H groups in total. The maximum absolute atomic E-state index is 12.3. The summed E-state index contributed by atoms with van der Waals surface area (Å²) in [5.74, 6) is 7.10. The predicted octanol–water partition coefficient (Wildman–Crippen LogP) is 2.32. The van der Waals surface area contributed by atoms with Crippen LogP contribution >= 0.6 is 11.3 Å². The van der Waals surface area contributed by atoms with Gasteiger partial charge in [-0.2, -0.15) is 0 Å². The summed E-state index contributed by atoms with van der Waals surface area (Å²) >= 11 is 1.41. The van der Waals surface area contributed by atoms with Crippen molar-refractivity contribution >= 4 is 17.2 Å². The van der Waals surface area contributed by atoms with Gasteiger partial charge in [0.15, 0.2) is 0 Å². The lowest BCUT2D eigenvalue weighted by molar-refractivity contribution is 0.0927. The number of carbonyl (C=O) groups is 1. The van der Waals surface area contributed by atoms with Crippen molar-refractivity contribution in [3.8, 4) is 11.8 Å². The maximum Gasteiger partial charge on any atom is 0.261 e. The summed E-state index contributed by atoms with van der Waals surface area (Å²) in [6.45, 7) is 1.80. The van der Waals surface area contributed by atoms with Crippen LogP contribution in [0.5, 0.6) is 0 Å². The Kier molecular flexibility index (Phi) is 3.82. The van der Waals surface area contributed by atoms with Gasteiger partial charge in [0.25, 0.3) is 5.91 Å². The van der Waals surface area contributed by atoms with Gasteiger partial charge in [-0.25, -0.2) is 0 Å². The monoisotopic (exact) mass is 289 g/mol. The van der Waals surface area contributed by atoms with E-state index in [0.29, 0.717) is 12.0 Å². The fourth-order valence-corrected chi connectivity index (χ4v) is 4.45. The molecule has 2 bridgehead atoms. The number of fused-ring (bicyclic) bond motifs is 2. The number of carbonyl (C=O) groups excluding carboxylic acids is 1. The molecule has 2 fully saturated rings. The van der Waals surface area contributed by atoms with E-state index in [4.69, 9.17) is 5.11 Å². The highest BCUT2D eigenvalue weighted by Gasteiger charge is 2.40. The third kappa shape index (κ3) is 2.61. The molecule has 0 saturated heterocycles. The van der Waals surface area contributed by atoms with Gasteiger partial charge in [-0.1, -0.05) is 18.3 Å². The summed E-state index contributed by atoms with van der Waals surface area (Å²) in [5, 5.41) is 11.9. The van der Waals surface area contributed by atoms with E-state index in [1.54, 1.807) is 0 Å². The lowest BCUT2D eigenvalue weighted by Crippen LogP contribution is -2.38. The molecule has 106 valence electrons. The molecule has 2 saturated carbocycles. The molecule has 2 aliphatic rings. The van der Waals surface area contributed by atoms with Gasteiger partial charge in [-0.05, 0) is 49.7 Å². The number of hydrogen-bond donors (Lipinski definition) is 2. The number of amides is 1. The standard InChI is InChI=1S/C16H19NO2S/c1-10-7-15(20-14(10)3-2-6-18)16(19)17-13-9-11-4-5-12(13)8-11/h7,11-13,18H,4-6,8-9H2,1H3,(H,17,19). The van der Waals surface area contributed by atoms with Crippen LogP contribution in [0.15, 0.2) is 6.07 Å². The first-order valence-electron chi connectivity index (χ1n) is 7.18. The molecule has 4 heteroatoms. The smallest absolute Gasteiger partial charge is 0.261 e. The Balaban J connectivity index is 1.68. The van der Waals surface area contributed by atoms with Gasteiger partial charge in [0.05, 0.1) is 9.75 Å². The quantitative estimate of drug-likeness (QED) is 0.821. The predicted molar refractivity (Wildman–Crippen MR) is 79.7 cm³/mol. The van der Waals surface area contributed by atoms with Crippen LogP contribution in [-0.4, -0.2) is 23.7 Å². The fraction of sp³-hybridized carbons (Fsp3) is 0.562. The number of aliphatic hydroxyl groups is 1. The highest BCUT2D eigenvalue weighted by molar-refractivity contribution is 7.14. The second-order valence-electron chi connectivity index (χ2n) is 5.84. The molecule has 0 radical (unpaired) electrons. The van der Waals surface area contributed by atoms with Crippen molar-refractivity contribution in [3.63, 3.8) is 0 Å². The summed E-state index contributed by atoms with van der Waals surface area (Å²) in [6, 6.07) is 2.27. The number of thiophene rings is 1. The zero-order valence-corrected chi connectivity index (χ0v) is 12.4. The summed E-state index contributed by atoms with van der Waals surface area (Å²) in [7, 11) is 0. The molecule has 0 spiro atoms. The largest absolute Gasteiger partial charge is 0.384 e. The lowest BCUT2D eigenvalue weighted by atomic mass is 9.95. The first kappa shape index (κ1) is 13.7. The molecular weight excluding hydrogens is 270 g/mol. The van der Waals surface area contributed by atoms with Crippen LogP contribution in [0, 0.1) is 30.6 Å². The zero-order chi connectivity index (χ0) is 14.1. The first-order valence-corrected chi connectivity index (χ1v) is 8.00. The van der Waals surface area contributed by atoms with E-state index in [2.05, 4.69) is 17.2 Å². The Morgan fingerprint density at radius 3 is 3.00 bits per heavy atom. The molecule has 3 atom stereocenters. The van der Waals surface area contributed by atoms with Crippen LogP contribution < -0.4 is 5.32 Å². The van der Waals surface area contributed by atoms with Crippen LogP contribution in [0.2, 0.25) is 0 Å². The van der Waals surface area contributed by atoms with Crippen molar-refractivity contribution in [2.24, 2.45) is 11.8 Å². The highest BCUT2D eigenvalue weighted by Crippen LogP contribution is 2.44. The number of aryl methyl sites for hydroxylation is 1. The molecule has 1 aromatic rings. The molecule has 0 aliphatic heterocycles. The SMILES string of the molecule is Cc1cc(C(=O)NC2CC3CCC2C3)sc1C#CCO. The lowest BCUT2D eigenvalue weighted by Gasteiger charge is -2.22. The first-order chi connectivity index (χ1) is 9.67. The van der Waals surface area contributed by atoms with Crippen LogP contribution in [0.4, 0.5) is 0 Å². The van der Waals surface area contributed by atoms with E-state index in [1.165, 1.54) is 30.6 Å². The summed E-state index contributed by atoms with van der Waals surface area (Å²) in [6.07, 6.45) is 5.06. The normalized spacial score (nSPS) is 27.2. The van der Waals surface area contributed by atoms with Crippen LogP contribution in [0.3, 0.4) is 0 Å². The van der Waals surface area contributed by atoms with Crippen molar-refractivity contribution in [1.82, 2.24) is 5.32 Å². The Hall–Kier alpha value is -1.31. The maximum atomic E-state index is 12.3. The third-order valence-corrected chi connectivity index (χ3v) is 5.63. The summed E-state index contributed by atoms with van der Waals surface area (Å²) < 4.78 is 0. The minimum absolute atomic E-state index is 0.0349. The molecule has 20 heavy (non-hydrogen) atoms. The average Bonchev–Trinajstić information content (AvgIpc) is 3.12. The molecule has 1 heterocycles. The molecule has 1 aromatic heterocycles. The highest BCUT2D eigenvalue weighted by atomic mass is 32.1. The van der Waals surface area contributed by atoms with Gasteiger partial charge < -0.3 is 10.4 Å². The van der Waals surface area contributed by atoms with Crippen molar-refractivity contribution in [1.29, 1.82) is 0 Å². The Bertz CT molecular complexity index is 581. The zero-order valence-electron chi connectivity index (χ0n) is 11.6.